The number of rotatable bonds is 5. The van der Waals surface area contributed by atoms with Gasteiger partial charge in [-0.3, -0.25) is 0 Å². The molecule has 0 fully saturated rings. The van der Waals surface area contributed by atoms with E-state index in [1.54, 1.807) is 65.8 Å². The number of halogens is 2. The molecule has 0 heterocycles. The van der Waals surface area contributed by atoms with Crippen LogP contribution in [-0.2, 0) is 22.7 Å². The maximum absolute atomic E-state index is 12.5. The van der Waals surface area contributed by atoms with E-state index < -0.39 is 23.5 Å². The number of carbonyl (C=O) groups is 2. The van der Waals surface area contributed by atoms with E-state index >= 15 is 0 Å². The van der Waals surface area contributed by atoms with E-state index in [-0.39, 0.29) is 24.7 Å². The first-order valence-corrected chi connectivity index (χ1v) is 12.5. The van der Waals surface area contributed by atoms with Gasteiger partial charge in [-0.15, -0.1) is 0 Å². The van der Waals surface area contributed by atoms with Crippen molar-refractivity contribution in [1.29, 1.82) is 0 Å². The zero-order valence-corrected chi connectivity index (χ0v) is 24.1. The molecule has 2 aromatic rings. The Bertz CT molecular complexity index is 983. The highest BCUT2D eigenvalue weighted by Crippen LogP contribution is 2.43. The molecule has 186 valence electrons. The van der Waals surface area contributed by atoms with Crippen LogP contribution < -0.4 is 9.47 Å². The third-order valence-corrected chi connectivity index (χ3v) is 5.61. The summed E-state index contributed by atoms with van der Waals surface area (Å²) >= 11 is 3.97. The Morgan fingerprint density at radius 3 is 1.29 bits per heavy atom. The lowest BCUT2D eigenvalue weighted by Gasteiger charge is -2.22. The van der Waals surface area contributed by atoms with Crippen molar-refractivity contribution in [2.75, 3.05) is 0 Å². The molecule has 0 aliphatic carbocycles. The fourth-order valence-corrected chi connectivity index (χ4v) is 4.40. The molecule has 0 amide bonds. The third-order valence-electron chi connectivity index (χ3n) is 4.01. The van der Waals surface area contributed by atoms with Crippen LogP contribution in [0.4, 0.5) is 9.59 Å². The van der Waals surface area contributed by atoms with Gasteiger partial charge in [0.25, 0.3) is 0 Å². The van der Waals surface area contributed by atoms with Crippen LogP contribution in [-0.4, -0.2) is 33.7 Å². The zero-order valence-electron chi connectivity index (χ0n) is 19.8. The summed E-state index contributed by atoms with van der Waals surface area (Å²) in [5.41, 5.74) is 0.282. The molecule has 0 spiro atoms. The lowest BCUT2D eigenvalue weighted by molar-refractivity contribution is 0.0188. The minimum absolute atomic E-state index is 0.159. The molecule has 0 saturated carbocycles. The summed E-state index contributed by atoms with van der Waals surface area (Å²) < 4.78 is 22.8. The van der Waals surface area contributed by atoms with Gasteiger partial charge in [-0.1, -0.05) is 0 Å². The highest BCUT2D eigenvalue weighted by Gasteiger charge is 2.26. The van der Waals surface area contributed by atoms with Crippen LogP contribution in [0.15, 0.2) is 24.3 Å². The Kier molecular flexibility index (Phi) is 9.59. The topological polar surface area (TPSA) is 112 Å². The van der Waals surface area contributed by atoms with E-state index in [1.807, 2.05) is 45.2 Å². The van der Waals surface area contributed by atoms with E-state index in [0.29, 0.717) is 29.4 Å². The Balaban J connectivity index is 2.70. The SMILES string of the molecule is CC(C)(C)OC(=O)Oc1c(I)cc(CO)cc1-c1cc(CO)cc(I)c1OC(=O)OC(C)(C)C. The lowest BCUT2D eigenvalue weighted by atomic mass is 9.99. The molecule has 0 unspecified atom stereocenters. The number of aliphatic hydroxyl groups excluding tert-OH is 2. The van der Waals surface area contributed by atoms with E-state index in [1.165, 1.54) is 0 Å². The van der Waals surface area contributed by atoms with Crippen LogP contribution >= 0.6 is 45.2 Å². The van der Waals surface area contributed by atoms with Gasteiger partial charge in [-0.25, -0.2) is 9.59 Å². The number of ether oxygens (including phenoxy) is 4. The minimum Gasteiger partial charge on any atom is -0.428 e. The number of aliphatic hydroxyl groups is 2. The van der Waals surface area contributed by atoms with Crippen molar-refractivity contribution in [3.05, 3.63) is 42.5 Å². The standard InChI is InChI=1S/C24H28I2O8/c1-23(2,3)33-21(29)31-19-15(7-13(11-27)9-17(19)25)16-8-14(12-28)10-18(26)20(16)32-22(30)34-24(4,5)6/h7-10,27-28H,11-12H2,1-6H3. The van der Waals surface area contributed by atoms with E-state index in [2.05, 4.69) is 0 Å². The second kappa shape index (κ2) is 11.4. The van der Waals surface area contributed by atoms with Crippen LogP contribution in [0.3, 0.4) is 0 Å². The largest absolute Gasteiger partial charge is 0.514 e. The third kappa shape index (κ3) is 8.24. The highest BCUT2D eigenvalue weighted by atomic mass is 127. The maximum atomic E-state index is 12.5. The minimum atomic E-state index is -0.911. The summed E-state index contributed by atoms with van der Waals surface area (Å²) in [5, 5.41) is 19.5. The predicted octanol–water partition coefficient (Wildman–Crippen LogP) is 6.18. The average Bonchev–Trinajstić information content (AvgIpc) is 2.67. The molecule has 0 aromatic heterocycles. The molecule has 0 aliphatic rings. The van der Waals surface area contributed by atoms with Gasteiger partial charge in [0.15, 0.2) is 11.5 Å². The second-order valence-electron chi connectivity index (χ2n) is 9.36. The van der Waals surface area contributed by atoms with Crippen LogP contribution in [0.2, 0.25) is 0 Å². The molecular formula is C24H28I2O8. The summed E-state index contributed by atoms with van der Waals surface area (Å²) in [6.07, 6.45) is -1.82. The first kappa shape index (κ1) is 28.6. The summed E-state index contributed by atoms with van der Waals surface area (Å²) in [4.78, 5) is 25.0. The smallest absolute Gasteiger partial charge is 0.428 e. The number of hydrogen-bond donors (Lipinski definition) is 2. The molecule has 34 heavy (non-hydrogen) atoms. The molecule has 0 saturated heterocycles. The fourth-order valence-electron chi connectivity index (χ4n) is 2.80. The highest BCUT2D eigenvalue weighted by molar-refractivity contribution is 14.1. The Hall–Kier alpha value is -1.64. The first-order valence-electron chi connectivity index (χ1n) is 10.3. The second-order valence-corrected chi connectivity index (χ2v) is 11.7. The van der Waals surface area contributed by atoms with Crippen molar-refractivity contribution in [3.8, 4) is 22.6 Å². The van der Waals surface area contributed by atoms with Crippen LogP contribution in [0, 0.1) is 7.14 Å². The number of hydrogen-bond acceptors (Lipinski definition) is 8. The van der Waals surface area contributed by atoms with Gasteiger partial charge in [0, 0.05) is 11.1 Å². The van der Waals surface area contributed by atoms with Crippen LogP contribution in [0.25, 0.3) is 11.1 Å². The first-order chi connectivity index (χ1) is 15.6. The summed E-state index contributed by atoms with van der Waals surface area (Å²) in [7, 11) is 0. The molecule has 8 nitrogen and oxygen atoms in total. The van der Waals surface area contributed by atoms with Gasteiger partial charge in [-0.05, 0) is 122 Å². The Morgan fingerprint density at radius 2 is 1.03 bits per heavy atom. The molecule has 2 aromatic carbocycles. The van der Waals surface area contributed by atoms with Crippen LogP contribution in [0.5, 0.6) is 11.5 Å². The average molecular weight is 698 g/mol. The van der Waals surface area contributed by atoms with Crippen molar-refractivity contribution >= 4 is 57.5 Å². The van der Waals surface area contributed by atoms with Gasteiger partial charge >= 0.3 is 12.3 Å². The quantitative estimate of drug-likeness (QED) is 0.217. The lowest BCUT2D eigenvalue weighted by Crippen LogP contribution is -2.26. The predicted molar refractivity (Wildman–Crippen MR) is 143 cm³/mol. The van der Waals surface area contributed by atoms with Crippen LogP contribution in [0.1, 0.15) is 52.7 Å². The van der Waals surface area contributed by atoms with Gasteiger partial charge in [0.2, 0.25) is 0 Å². The normalized spacial score (nSPS) is 11.7. The summed E-state index contributed by atoms with van der Waals surface area (Å²) in [6, 6.07) is 6.57. The number of benzene rings is 2. The molecular weight excluding hydrogens is 670 g/mol. The zero-order chi connectivity index (χ0) is 25.8. The molecule has 0 aliphatic heterocycles. The molecule has 0 radical (unpaired) electrons. The summed E-state index contributed by atoms with van der Waals surface area (Å²) in [5.74, 6) is 0.318. The molecule has 0 atom stereocenters. The fraction of sp³-hybridized carbons (Fsp3) is 0.417. The van der Waals surface area contributed by atoms with E-state index in [4.69, 9.17) is 18.9 Å². The van der Waals surface area contributed by atoms with Gasteiger partial charge < -0.3 is 29.2 Å². The Morgan fingerprint density at radius 1 is 0.706 bits per heavy atom. The van der Waals surface area contributed by atoms with E-state index in [9.17, 15) is 19.8 Å². The van der Waals surface area contributed by atoms with Crippen molar-refractivity contribution in [1.82, 2.24) is 0 Å². The molecule has 2 N–H and O–H groups in total. The van der Waals surface area contributed by atoms with Crippen molar-refractivity contribution in [2.45, 2.75) is 66.0 Å². The van der Waals surface area contributed by atoms with Gasteiger partial charge in [0.05, 0.1) is 20.4 Å². The molecule has 10 heteroatoms. The van der Waals surface area contributed by atoms with E-state index in [0.717, 1.165) is 0 Å². The monoisotopic (exact) mass is 698 g/mol. The van der Waals surface area contributed by atoms with Crippen molar-refractivity contribution < 1.29 is 38.7 Å². The van der Waals surface area contributed by atoms with Gasteiger partial charge in [0.1, 0.15) is 11.2 Å². The summed E-state index contributed by atoms with van der Waals surface area (Å²) in [6.45, 7) is 9.76. The van der Waals surface area contributed by atoms with Crippen molar-refractivity contribution in [2.24, 2.45) is 0 Å². The Labute approximate surface area is 226 Å². The maximum Gasteiger partial charge on any atom is 0.514 e. The molecule has 0 bridgehead atoms. The van der Waals surface area contributed by atoms with Gasteiger partial charge in [-0.2, -0.15) is 0 Å². The van der Waals surface area contributed by atoms with Crippen molar-refractivity contribution in [3.63, 3.8) is 0 Å². The molecule has 2 rings (SSSR count). The number of carbonyl (C=O) groups excluding carboxylic acids is 2.